The molecule has 144 valence electrons. The average Bonchev–Trinajstić information content (AvgIpc) is 2.72. The molecule has 5 heteroatoms. The minimum atomic E-state index is -0.860. The highest BCUT2D eigenvalue weighted by molar-refractivity contribution is 5.14. The van der Waals surface area contributed by atoms with Gasteiger partial charge in [-0.2, -0.15) is 0 Å². The summed E-state index contributed by atoms with van der Waals surface area (Å²) in [7, 11) is 0. The zero-order valence-corrected chi connectivity index (χ0v) is 15.3. The molecule has 0 saturated carbocycles. The van der Waals surface area contributed by atoms with Crippen molar-refractivity contribution in [2.75, 3.05) is 13.2 Å². The molecule has 0 radical (unpaired) electrons. The summed E-state index contributed by atoms with van der Waals surface area (Å²) in [6.07, 6.45) is -1.03. The number of hydrogen-bond donors (Lipinski definition) is 1. The van der Waals surface area contributed by atoms with E-state index in [-0.39, 0.29) is 6.61 Å². The maximum absolute atomic E-state index is 10.8. The third kappa shape index (κ3) is 5.73. The van der Waals surface area contributed by atoms with E-state index in [9.17, 15) is 5.11 Å². The molecule has 0 spiro atoms. The monoisotopic (exact) mass is 370 g/mol. The van der Waals surface area contributed by atoms with Gasteiger partial charge in [0.1, 0.15) is 18.3 Å². The Morgan fingerprint density at radius 3 is 2.11 bits per heavy atom. The van der Waals surface area contributed by atoms with Gasteiger partial charge in [0, 0.05) is 0 Å². The van der Waals surface area contributed by atoms with Crippen LogP contribution in [0.25, 0.3) is 0 Å². The van der Waals surface area contributed by atoms with Gasteiger partial charge in [-0.15, -0.1) is 6.58 Å². The van der Waals surface area contributed by atoms with Crippen LogP contribution in [0.4, 0.5) is 0 Å². The van der Waals surface area contributed by atoms with Gasteiger partial charge in [0.2, 0.25) is 0 Å². The van der Waals surface area contributed by atoms with E-state index in [0.29, 0.717) is 19.8 Å². The standard InChI is InChI=1S/C22H26O5/c1-2-13-24-22-21(26-15-18-11-7-4-8-12-18)20(23)19(16-27-22)25-14-17-9-5-3-6-10-17/h2-12,19-23H,1,13-16H2/t19-,20?,21?,22?/m0/s1. The first kappa shape index (κ1) is 19.7. The maximum Gasteiger partial charge on any atom is 0.186 e. The number of ether oxygens (including phenoxy) is 4. The number of hydrogen-bond acceptors (Lipinski definition) is 5. The molecule has 1 fully saturated rings. The van der Waals surface area contributed by atoms with Crippen molar-refractivity contribution in [2.45, 2.75) is 37.8 Å². The van der Waals surface area contributed by atoms with Gasteiger partial charge >= 0.3 is 0 Å². The number of aliphatic hydroxyl groups excluding tert-OH is 1. The smallest absolute Gasteiger partial charge is 0.186 e. The Hall–Kier alpha value is -2.02. The first-order valence-electron chi connectivity index (χ1n) is 9.11. The van der Waals surface area contributed by atoms with Crippen molar-refractivity contribution in [1.82, 2.24) is 0 Å². The Balaban J connectivity index is 1.61. The van der Waals surface area contributed by atoms with E-state index >= 15 is 0 Å². The third-order valence-corrected chi connectivity index (χ3v) is 4.38. The minimum absolute atomic E-state index is 0.237. The number of rotatable bonds is 9. The van der Waals surface area contributed by atoms with Crippen molar-refractivity contribution in [1.29, 1.82) is 0 Å². The minimum Gasteiger partial charge on any atom is -0.387 e. The topological polar surface area (TPSA) is 57.2 Å². The molecule has 2 aromatic rings. The van der Waals surface area contributed by atoms with Crippen molar-refractivity contribution < 1.29 is 24.1 Å². The zero-order valence-electron chi connectivity index (χ0n) is 15.3. The van der Waals surface area contributed by atoms with Crippen molar-refractivity contribution in [3.05, 3.63) is 84.4 Å². The van der Waals surface area contributed by atoms with Crippen molar-refractivity contribution in [3.63, 3.8) is 0 Å². The molecule has 3 unspecified atom stereocenters. The van der Waals surface area contributed by atoms with Crippen molar-refractivity contribution >= 4 is 0 Å². The summed E-state index contributed by atoms with van der Waals surface area (Å²) in [5.41, 5.74) is 2.05. The van der Waals surface area contributed by atoms with Crippen LogP contribution in [-0.4, -0.2) is 42.9 Å². The molecular formula is C22H26O5. The normalized spacial score (nSPS) is 25.2. The Labute approximate surface area is 160 Å². The number of aliphatic hydroxyl groups is 1. The lowest BCUT2D eigenvalue weighted by Crippen LogP contribution is -2.55. The van der Waals surface area contributed by atoms with Crippen LogP contribution in [0, 0.1) is 0 Å². The van der Waals surface area contributed by atoms with Gasteiger partial charge in [0.05, 0.1) is 26.4 Å². The molecule has 1 saturated heterocycles. The molecule has 1 aliphatic rings. The lowest BCUT2D eigenvalue weighted by Gasteiger charge is -2.39. The van der Waals surface area contributed by atoms with Crippen molar-refractivity contribution in [3.8, 4) is 0 Å². The molecule has 4 atom stereocenters. The summed E-state index contributed by atoms with van der Waals surface area (Å²) in [6.45, 7) is 4.96. The molecular weight excluding hydrogens is 344 g/mol. The summed E-state index contributed by atoms with van der Waals surface area (Å²) in [4.78, 5) is 0. The summed E-state index contributed by atoms with van der Waals surface area (Å²) < 4.78 is 23.3. The fraction of sp³-hybridized carbons (Fsp3) is 0.364. The zero-order chi connectivity index (χ0) is 18.9. The second-order valence-electron chi connectivity index (χ2n) is 6.41. The van der Waals surface area contributed by atoms with E-state index in [1.807, 2.05) is 60.7 Å². The van der Waals surface area contributed by atoms with Gasteiger partial charge in [-0.05, 0) is 11.1 Å². The number of benzene rings is 2. The van der Waals surface area contributed by atoms with Gasteiger partial charge in [-0.1, -0.05) is 66.7 Å². The first-order chi connectivity index (χ1) is 13.3. The molecule has 5 nitrogen and oxygen atoms in total. The largest absolute Gasteiger partial charge is 0.387 e. The second-order valence-corrected chi connectivity index (χ2v) is 6.41. The summed E-state index contributed by atoms with van der Waals surface area (Å²) in [6, 6.07) is 19.6. The van der Waals surface area contributed by atoms with Crippen LogP contribution in [-0.2, 0) is 32.2 Å². The molecule has 1 aliphatic heterocycles. The second kappa shape index (κ2) is 10.3. The SMILES string of the molecule is C=CCOC1OC[C@H](OCc2ccccc2)C(O)C1OCc1ccccc1. The van der Waals surface area contributed by atoms with E-state index in [0.717, 1.165) is 11.1 Å². The van der Waals surface area contributed by atoms with Crippen LogP contribution in [0.1, 0.15) is 11.1 Å². The summed E-state index contributed by atoms with van der Waals surface area (Å²) in [5.74, 6) is 0. The van der Waals surface area contributed by atoms with E-state index in [1.165, 1.54) is 0 Å². The van der Waals surface area contributed by atoms with Crippen LogP contribution >= 0.6 is 0 Å². The van der Waals surface area contributed by atoms with Gasteiger partial charge in [0.15, 0.2) is 6.29 Å². The summed E-state index contributed by atoms with van der Waals surface area (Å²) in [5, 5.41) is 10.8. The molecule has 2 aromatic carbocycles. The Kier molecular flexibility index (Phi) is 7.56. The fourth-order valence-electron chi connectivity index (χ4n) is 2.93. The molecule has 0 bridgehead atoms. The molecule has 0 aromatic heterocycles. The molecule has 1 heterocycles. The van der Waals surface area contributed by atoms with Crippen LogP contribution in [0.3, 0.4) is 0 Å². The molecule has 3 rings (SSSR count). The van der Waals surface area contributed by atoms with Crippen LogP contribution < -0.4 is 0 Å². The van der Waals surface area contributed by atoms with E-state index in [2.05, 4.69) is 6.58 Å². The first-order valence-corrected chi connectivity index (χ1v) is 9.11. The molecule has 0 amide bonds. The highest BCUT2D eigenvalue weighted by Gasteiger charge is 2.41. The van der Waals surface area contributed by atoms with Crippen molar-refractivity contribution in [2.24, 2.45) is 0 Å². The third-order valence-electron chi connectivity index (χ3n) is 4.38. The van der Waals surface area contributed by atoms with Crippen LogP contribution in [0.2, 0.25) is 0 Å². The molecule has 0 aliphatic carbocycles. The van der Waals surface area contributed by atoms with E-state index in [1.54, 1.807) is 6.08 Å². The predicted molar refractivity (Wildman–Crippen MR) is 102 cm³/mol. The fourth-order valence-corrected chi connectivity index (χ4v) is 2.93. The lowest BCUT2D eigenvalue weighted by molar-refractivity contribution is -0.287. The Morgan fingerprint density at radius 1 is 0.926 bits per heavy atom. The van der Waals surface area contributed by atoms with Gasteiger partial charge in [-0.3, -0.25) is 0 Å². The highest BCUT2D eigenvalue weighted by atomic mass is 16.7. The molecule has 1 N–H and O–H groups in total. The van der Waals surface area contributed by atoms with Gasteiger partial charge < -0.3 is 24.1 Å². The van der Waals surface area contributed by atoms with Gasteiger partial charge in [-0.25, -0.2) is 0 Å². The van der Waals surface area contributed by atoms with Gasteiger partial charge in [0.25, 0.3) is 0 Å². The van der Waals surface area contributed by atoms with Crippen LogP contribution in [0.15, 0.2) is 73.3 Å². The van der Waals surface area contributed by atoms with E-state index in [4.69, 9.17) is 18.9 Å². The predicted octanol–water partition coefficient (Wildman–Crippen LogP) is 3.08. The Bertz CT molecular complexity index is 676. The van der Waals surface area contributed by atoms with E-state index < -0.39 is 24.6 Å². The quantitative estimate of drug-likeness (QED) is 0.688. The lowest BCUT2D eigenvalue weighted by atomic mass is 10.0. The average molecular weight is 370 g/mol. The maximum atomic E-state index is 10.8. The molecule has 27 heavy (non-hydrogen) atoms. The Morgan fingerprint density at radius 2 is 1.52 bits per heavy atom. The summed E-state index contributed by atoms with van der Waals surface area (Å²) >= 11 is 0. The highest BCUT2D eigenvalue weighted by Crippen LogP contribution is 2.24. The van der Waals surface area contributed by atoms with Crippen LogP contribution in [0.5, 0.6) is 0 Å².